The molecular weight excluding hydrogens is 232 g/mol. The van der Waals surface area contributed by atoms with E-state index >= 15 is 0 Å². The van der Waals surface area contributed by atoms with Gasteiger partial charge in [0.2, 0.25) is 0 Å². The zero-order chi connectivity index (χ0) is 13.1. The minimum atomic E-state index is 0.864. The summed E-state index contributed by atoms with van der Waals surface area (Å²) in [6, 6.07) is 15.3. The molecule has 0 amide bonds. The highest BCUT2D eigenvalue weighted by atomic mass is 15.1. The first-order valence-electron chi connectivity index (χ1n) is 7.23. The van der Waals surface area contributed by atoms with E-state index in [1.165, 1.54) is 42.4 Å². The molecule has 2 aromatic rings. The summed E-state index contributed by atoms with van der Waals surface area (Å²) in [5.41, 5.74) is 1.32. The van der Waals surface area contributed by atoms with E-state index in [1.807, 2.05) is 0 Å². The molecule has 1 N–H and O–H groups in total. The maximum absolute atomic E-state index is 3.44. The first kappa shape index (κ1) is 12.5. The quantitative estimate of drug-likeness (QED) is 0.901. The Bertz CT molecular complexity index is 544. The van der Waals surface area contributed by atoms with Crippen LogP contribution in [0.15, 0.2) is 42.5 Å². The summed E-state index contributed by atoms with van der Waals surface area (Å²) in [7, 11) is 2.20. The number of fused-ring (bicyclic) bond motifs is 1. The van der Waals surface area contributed by atoms with Crippen LogP contribution in [0.2, 0.25) is 0 Å². The van der Waals surface area contributed by atoms with Crippen molar-refractivity contribution < 1.29 is 0 Å². The topological polar surface area (TPSA) is 15.3 Å². The van der Waals surface area contributed by atoms with Gasteiger partial charge in [0, 0.05) is 19.3 Å². The molecule has 1 saturated heterocycles. The van der Waals surface area contributed by atoms with Gasteiger partial charge in [-0.25, -0.2) is 0 Å². The number of nitrogens with zero attached hydrogens (tertiary/aromatic N) is 1. The van der Waals surface area contributed by atoms with E-state index in [-0.39, 0.29) is 0 Å². The van der Waals surface area contributed by atoms with Gasteiger partial charge >= 0.3 is 0 Å². The van der Waals surface area contributed by atoms with Gasteiger partial charge in [0.15, 0.2) is 0 Å². The van der Waals surface area contributed by atoms with Crippen LogP contribution in [0.1, 0.15) is 12.8 Å². The van der Waals surface area contributed by atoms with Gasteiger partial charge in [0.05, 0.1) is 0 Å². The van der Waals surface area contributed by atoms with Crippen LogP contribution in [0.4, 0.5) is 5.69 Å². The number of benzene rings is 2. The van der Waals surface area contributed by atoms with E-state index in [1.54, 1.807) is 0 Å². The van der Waals surface area contributed by atoms with Crippen LogP contribution in [-0.4, -0.2) is 26.7 Å². The molecule has 2 heteroatoms. The lowest BCUT2D eigenvalue weighted by molar-refractivity contribution is 0.534. The Labute approximate surface area is 115 Å². The van der Waals surface area contributed by atoms with Gasteiger partial charge < -0.3 is 10.2 Å². The van der Waals surface area contributed by atoms with Crippen LogP contribution in [0.3, 0.4) is 0 Å². The number of nitrogens with one attached hydrogen (secondary N) is 1. The molecule has 2 nitrogen and oxygen atoms in total. The van der Waals surface area contributed by atoms with Gasteiger partial charge in [0.1, 0.15) is 0 Å². The number of hydrogen-bond acceptors (Lipinski definition) is 2. The number of rotatable bonds is 4. The maximum atomic E-state index is 3.44. The zero-order valence-corrected chi connectivity index (χ0v) is 11.6. The highest BCUT2D eigenvalue weighted by Gasteiger charge is 2.14. The van der Waals surface area contributed by atoms with Gasteiger partial charge in [-0.3, -0.25) is 0 Å². The van der Waals surface area contributed by atoms with Gasteiger partial charge in [-0.05, 0) is 54.8 Å². The Morgan fingerprint density at radius 2 is 2.00 bits per heavy atom. The van der Waals surface area contributed by atoms with E-state index < -0.39 is 0 Å². The minimum Gasteiger partial charge on any atom is -0.375 e. The molecule has 1 unspecified atom stereocenters. The second-order valence-corrected chi connectivity index (χ2v) is 5.60. The Balaban J connectivity index is 1.68. The van der Waals surface area contributed by atoms with Crippen molar-refractivity contribution in [1.82, 2.24) is 5.32 Å². The average molecular weight is 254 g/mol. The van der Waals surface area contributed by atoms with Crippen LogP contribution < -0.4 is 10.2 Å². The van der Waals surface area contributed by atoms with Crippen molar-refractivity contribution in [3.63, 3.8) is 0 Å². The zero-order valence-electron chi connectivity index (χ0n) is 11.6. The molecule has 100 valence electrons. The Morgan fingerprint density at radius 1 is 1.16 bits per heavy atom. The fourth-order valence-corrected chi connectivity index (χ4v) is 2.88. The third kappa shape index (κ3) is 2.90. The smallest absolute Gasteiger partial charge is 0.0370 e. The predicted molar refractivity (Wildman–Crippen MR) is 82.8 cm³/mol. The summed E-state index contributed by atoms with van der Waals surface area (Å²) in [6.45, 7) is 3.54. The molecule has 1 atom stereocenters. The maximum Gasteiger partial charge on any atom is 0.0370 e. The summed E-state index contributed by atoms with van der Waals surface area (Å²) in [5, 5.41) is 6.09. The van der Waals surface area contributed by atoms with Crippen molar-refractivity contribution in [2.24, 2.45) is 5.92 Å². The summed E-state index contributed by atoms with van der Waals surface area (Å²) < 4.78 is 0. The summed E-state index contributed by atoms with van der Waals surface area (Å²) in [4.78, 5) is 2.38. The van der Waals surface area contributed by atoms with Crippen LogP contribution >= 0.6 is 0 Å². The molecule has 0 bridgehead atoms. The molecule has 1 fully saturated rings. The average Bonchev–Trinajstić information content (AvgIpc) is 2.97. The highest BCUT2D eigenvalue weighted by molar-refractivity contribution is 5.85. The molecule has 2 aromatic carbocycles. The van der Waals surface area contributed by atoms with Crippen LogP contribution in [0, 0.1) is 5.92 Å². The normalized spacial score (nSPS) is 18.9. The third-order valence-electron chi connectivity index (χ3n) is 4.21. The monoisotopic (exact) mass is 254 g/mol. The van der Waals surface area contributed by atoms with E-state index in [0.29, 0.717) is 0 Å². The van der Waals surface area contributed by atoms with Crippen molar-refractivity contribution >= 4 is 16.5 Å². The lowest BCUT2D eigenvalue weighted by Gasteiger charge is -2.21. The largest absolute Gasteiger partial charge is 0.375 e. The second-order valence-electron chi connectivity index (χ2n) is 5.60. The summed E-state index contributed by atoms with van der Waals surface area (Å²) >= 11 is 0. The SMILES string of the molecule is CN(CCC1CCNC1)c1ccc2ccccc2c1. The van der Waals surface area contributed by atoms with Gasteiger partial charge in [-0.2, -0.15) is 0 Å². The minimum absolute atomic E-state index is 0.864. The predicted octanol–water partition coefficient (Wildman–Crippen LogP) is 3.28. The first-order valence-corrected chi connectivity index (χ1v) is 7.23. The number of anilines is 1. The van der Waals surface area contributed by atoms with Crippen molar-refractivity contribution in [3.8, 4) is 0 Å². The molecule has 3 rings (SSSR count). The first-order chi connectivity index (χ1) is 9.33. The van der Waals surface area contributed by atoms with Crippen molar-refractivity contribution in [1.29, 1.82) is 0 Å². The second kappa shape index (κ2) is 5.62. The Kier molecular flexibility index (Phi) is 3.69. The molecule has 0 radical (unpaired) electrons. The van der Waals surface area contributed by atoms with Crippen LogP contribution in [0.5, 0.6) is 0 Å². The van der Waals surface area contributed by atoms with E-state index in [4.69, 9.17) is 0 Å². The molecule has 0 aromatic heterocycles. The molecular formula is C17H22N2. The molecule has 1 aliphatic heterocycles. The lowest BCUT2D eigenvalue weighted by atomic mass is 10.0. The highest BCUT2D eigenvalue weighted by Crippen LogP contribution is 2.22. The van der Waals surface area contributed by atoms with Gasteiger partial charge in [0.25, 0.3) is 0 Å². The summed E-state index contributed by atoms with van der Waals surface area (Å²) in [6.07, 6.45) is 2.63. The molecule has 19 heavy (non-hydrogen) atoms. The van der Waals surface area contributed by atoms with Gasteiger partial charge in [-0.1, -0.05) is 30.3 Å². The molecule has 1 heterocycles. The Morgan fingerprint density at radius 3 is 2.79 bits per heavy atom. The molecule has 0 aliphatic carbocycles. The van der Waals surface area contributed by atoms with Gasteiger partial charge in [-0.15, -0.1) is 0 Å². The van der Waals surface area contributed by atoms with E-state index in [0.717, 1.165) is 12.5 Å². The van der Waals surface area contributed by atoms with Crippen LogP contribution in [0.25, 0.3) is 10.8 Å². The summed E-state index contributed by atoms with van der Waals surface area (Å²) in [5.74, 6) is 0.864. The molecule has 0 saturated carbocycles. The number of hydrogen-bond donors (Lipinski definition) is 1. The van der Waals surface area contributed by atoms with E-state index in [2.05, 4.69) is 59.7 Å². The van der Waals surface area contributed by atoms with Crippen molar-refractivity contribution in [2.45, 2.75) is 12.8 Å². The standard InChI is InChI=1S/C17H22N2/c1-19(11-9-14-8-10-18-13-14)17-7-6-15-4-2-3-5-16(15)12-17/h2-7,12,14,18H,8-11,13H2,1H3. The van der Waals surface area contributed by atoms with Crippen molar-refractivity contribution in [2.75, 3.05) is 31.6 Å². The lowest BCUT2D eigenvalue weighted by Crippen LogP contribution is -2.21. The fourth-order valence-electron chi connectivity index (χ4n) is 2.88. The molecule has 1 aliphatic rings. The fraction of sp³-hybridized carbons (Fsp3) is 0.412. The third-order valence-corrected chi connectivity index (χ3v) is 4.21. The molecule has 0 spiro atoms. The van der Waals surface area contributed by atoms with Crippen molar-refractivity contribution in [3.05, 3.63) is 42.5 Å². The Hall–Kier alpha value is -1.54. The van der Waals surface area contributed by atoms with E-state index in [9.17, 15) is 0 Å². The van der Waals surface area contributed by atoms with Crippen LogP contribution in [-0.2, 0) is 0 Å².